The number of benzene rings is 1. The minimum Gasteiger partial charge on any atom is -0.487 e. The molecule has 0 spiro atoms. The zero-order valence-electron chi connectivity index (χ0n) is 13.9. The van der Waals surface area contributed by atoms with Gasteiger partial charge in [0.05, 0.1) is 21.9 Å². The van der Waals surface area contributed by atoms with Crippen molar-refractivity contribution in [3.63, 3.8) is 0 Å². The second-order valence-electron chi connectivity index (χ2n) is 6.28. The number of nitrogens with zero attached hydrogens (tertiary/aromatic N) is 1. The van der Waals surface area contributed by atoms with Crippen molar-refractivity contribution in [3.05, 3.63) is 59.9 Å². The van der Waals surface area contributed by atoms with E-state index in [0.717, 1.165) is 23.4 Å². The maximum absolute atomic E-state index is 11.9. The maximum Gasteiger partial charge on any atom is 0.138 e. The van der Waals surface area contributed by atoms with Crippen molar-refractivity contribution in [3.8, 4) is 5.75 Å². The fourth-order valence-electron chi connectivity index (χ4n) is 1.87. The number of hydrogen-bond donors (Lipinski definition) is 1. The van der Waals surface area contributed by atoms with E-state index in [1.54, 1.807) is 6.20 Å². The maximum atomic E-state index is 11.9. The first kappa shape index (κ1) is 17.6. The molecule has 1 aromatic heterocycles. The summed E-state index contributed by atoms with van der Waals surface area (Å²) < 4.78 is 20.4. The van der Waals surface area contributed by atoms with E-state index in [4.69, 9.17) is 4.74 Å². The van der Waals surface area contributed by atoms with Gasteiger partial charge in [0, 0.05) is 18.7 Å². The van der Waals surface area contributed by atoms with E-state index in [1.165, 1.54) is 0 Å². The fraction of sp³-hybridized carbons (Fsp3) is 0.389. The molecule has 0 saturated heterocycles. The minimum atomic E-state index is -1.04. The van der Waals surface area contributed by atoms with Gasteiger partial charge in [-0.05, 0) is 38.5 Å². The van der Waals surface area contributed by atoms with E-state index in [0.29, 0.717) is 13.2 Å². The molecule has 0 fully saturated rings. The third-order valence-electron chi connectivity index (χ3n) is 3.22. The number of aromatic nitrogens is 1. The summed E-state index contributed by atoms with van der Waals surface area (Å²) in [7, 11) is -1.04. The zero-order chi connectivity index (χ0) is 16.7. The van der Waals surface area contributed by atoms with Gasteiger partial charge in [0.2, 0.25) is 0 Å². The normalized spacial score (nSPS) is 12.8. The Labute approximate surface area is 140 Å². The quantitative estimate of drug-likeness (QED) is 0.847. The van der Waals surface area contributed by atoms with Crippen LogP contribution in [0, 0.1) is 0 Å². The van der Waals surface area contributed by atoms with Crippen LogP contribution in [0.25, 0.3) is 0 Å². The highest BCUT2D eigenvalue weighted by atomic mass is 32.2. The lowest BCUT2D eigenvalue weighted by Gasteiger charge is -2.17. The van der Waals surface area contributed by atoms with Gasteiger partial charge in [-0.3, -0.25) is 4.98 Å². The van der Waals surface area contributed by atoms with Crippen LogP contribution in [0.3, 0.4) is 0 Å². The van der Waals surface area contributed by atoms with Crippen molar-refractivity contribution in [1.82, 2.24) is 9.71 Å². The van der Waals surface area contributed by atoms with Crippen LogP contribution in [-0.4, -0.2) is 20.5 Å². The van der Waals surface area contributed by atoms with E-state index in [9.17, 15) is 4.21 Å². The van der Waals surface area contributed by atoms with Gasteiger partial charge >= 0.3 is 0 Å². The van der Waals surface area contributed by atoms with Crippen molar-refractivity contribution in [1.29, 1.82) is 0 Å². The van der Waals surface area contributed by atoms with E-state index in [1.807, 2.05) is 63.2 Å². The molecular weight excluding hydrogens is 308 g/mol. The molecule has 5 heteroatoms. The molecule has 0 amide bonds. The highest BCUT2D eigenvalue weighted by Crippen LogP contribution is 2.12. The van der Waals surface area contributed by atoms with Gasteiger partial charge < -0.3 is 4.74 Å². The Kier molecular flexibility index (Phi) is 6.30. The van der Waals surface area contributed by atoms with E-state index < -0.39 is 11.0 Å². The van der Waals surface area contributed by atoms with Crippen LogP contribution in [0.4, 0.5) is 0 Å². The highest BCUT2D eigenvalue weighted by molar-refractivity contribution is 7.84. The van der Waals surface area contributed by atoms with Gasteiger partial charge in [0.1, 0.15) is 12.4 Å². The highest BCUT2D eigenvalue weighted by Gasteiger charge is 2.18. The molecular formula is C18H24N2O2S. The molecule has 1 N–H and O–H groups in total. The molecule has 23 heavy (non-hydrogen) atoms. The Bertz CT molecular complexity index is 622. The smallest absolute Gasteiger partial charge is 0.138 e. The molecule has 4 nitrogen and oxygen atoms in total. The topological polar surface area (TPSA) is 51.2 Å². The standard InChI is InChI=1S/C18H24N2O2S/c1-18(2,3)23(21)20-12-11-16-9-10-17(13-19-16)22-14-15-7-5-4-6-8-15/h4-10,13,20H,11-12,14H2,1-3H3. The molecule has 1 unspecified atom stereocenters. The van der Waals surface area contributed by atoms with Crippen LogP contribution in [0.1, 0.15) is 32.0 Å². The predicted octanol–water partition coefficient (Wildman–Crippen LogP) is 3.25. The minimum absolute atomic E-state index is 0.247. The van der Waals surface area contributed by atoms with Crippen molar-refractivity contribution in [2.75, 3.05) is 6.54 Å². The number of hydrogen-bond acceptors (Lipinski definition) is 3. The summed E-state index contributed by atoms with van der Waals surface area (Å²) in [6.45, 7) is 7.03. The van der Waals surface area contributed by atoms with Gasteiger partial charge in [-0.25, -0.2) is 8.93 Å². The summed E-state index contributed by atoms with van der Waals surface area (Å²) >= 11 is 0. The van der Waals surface area contributed by atoms with Crippen LogP contribution >= 0.6 is 0 Å². The Morgan fingerprint density at radius 3 is 2.48 bits per heavy atom. The van der Waals surface area contributed by atoms with Gasteiger partial charge in [-0.2, -0.15) is 0 Å². The summed E-state index contributed by atoms with van der Waals surface area (Å²) in [5, 5.41) is 0. The van der Waals surface area contributed by atoms with Gasteiger partial charge in [0.15, 0.2) is 0 Å². The molecule has 124 valence electrons. The van der Waals surface area contributed by atoms with Crippen LogP contribution < -0.4 is 9.46 Å². The predicted molar refractivity (Wildman–Crippen MR) is 94.6 cm³/mol. The molecule has 1 heterocycles. The van der Waals surface area contributed by atoms with Crippen molar-refractivity contribution >= 4 is 11.0 Å². The van der Waals surface area contributed by atoms with E-state index in [2.05, 4.69) is 9.71 Å². The first-order valence-electron chi connectivity index (χ1n) is 7.72. The second-order valence-corrected chi connectivity index (χ2v) is 8.34. The monoisotopic (exact) mass is 332 g/mol. The molecule has 1 aromatic carbocycles. The first-order valence-corrected chi connectivity index (χ1v) is 8.87. The lowest BCUT2D eigenvalue weighted by atomic mass is 10.2. The van der Waals surface area contributed by atoms with E-state index in [-0.39, 0.29) is 4.75 Å². The molecule has 0 bridgehead atoms. The summed E-state index contributed by atoms with van der Waals surface area (Å²) in [6, 6.07) is 13.9. The third-order valence-corrected chi connectivity index (χ3v) is 4.80. The van der Waals surface area contributed by atoms with Crippen LogP contribution in [0.2, 0.25) is 0 Å². The molecule has 2 rings (SSSR count). The molecule has 0 saturated carbocycles. The van der Waals surface area contributed by atoms with Crippen molar-refractivity contribution < 1.29 is 8.95 Å². The van der Waals surface area contributed by atoms with E-state index >= 15 is 0 Å². The summed E-state index contributed by atoms with van der Waals surface area (Å²) in [6.07, 6.45) is 2.47. The second kappa shape index (κ2) is 8.22. The Hall–Kier alpha value is -1.72. The number of pyridine rings is 1. The molecule has 2 aromatic rings. The Balaban J connectivity index is 1.77. The molecule has 0 aliphatic carbocycles. The van der Waals surface area contributed by atoms with Crippen LogP contribution in [0.15, 0.2) is 48.7 Å². The average Bonchev–Trinajstić information content (AvgIpc) is 2.54. The van der Waals surface area contributed by atoms with Crippen LogP contribution in [-0.2, 0) is 24.0 Å². The fourth-order valence-corrected chi connectivity index (χ4v) is 2.59. The lowest BCUT2D eigenvalue weighted by molar-refractivity contribution is 0.305. The first-order chi connectivity index (χ1) is 10.9. The Morgan fingerprint density at radius 1 is 1.13 bits per heavy atom. The molecule has 0 radical (unpaired) electrons. The summed E-state index contributed by atoms with van der Waals surface area (Å²) in [5.41, 5.74) is 2.08. The SMILES string of the molecule is CC(C)(C)S(=O)NCCc1ccc(OCc2ccccc2)cn1. The van der Waals surface area contributed by atoms with Crippen molar-refractivity contribution in [2.45, 2.75) is 38.5 Å². The van der Waals surface area contributed by atoms with Gasteiger partial charge in [0.25, 0.3) is 0 Å². The molecule has 0 aliphatic rings. The zero-order valence-corrected chi connectivity index (χ0v) is 14.7. The largest absolute Gasteiger partial charge is 0.487 e. The van der Waals surface area contributed by atoms with Gasteiger partial charge in [-0.15, -0.1) is 0 Å². The van der Waals surface area contributed by atoms with Gasteiger partial charge in [-0.1, -0.05) is 30.3 Å². The number of nitrogens with one attached hydrogen (secondary N) is 1. The lowest BCUT2D eigenvalue weighted by Crippen LogP contribution is -2.34. The van der Waals surface area contributed by atoms with Crippen molar-refractivity contribution in [2.24, 2.45) is 0 Å². The third kappa shape index (κ3) is 6.12. The number of rotatable bonds is 7. The Morgan fingerprint density at radius 2 is 1.87 bits per heavy atom. The number of ether oxygens (including phenoxy) is 1. The molecule has 0 aliphatic heterocycles. The summed E-state index contributed by atoms with van der Waals surface area (Å²) in [5.74, 6) is 0.754. The van der Waals surface area contributed by atoms with Crippen LogP contribution in [0.5, 0.6) is 5.75 Å². The molecule has 1 atom stereocenters. The average molecular weight is 332 g/mol. The summed E-state index contributed by atoms with van der Waals surface area (Å²) in [4.78, 5) is 4.39.